The monoisotopic (exact) mass is 149 g/mol. The van der Waals surface area contributed by atoms with Crippen LogP contribution in [-0.4, -0.2) is 0 Å². The van der Waals surface area contributed by atoms with Gasteiger partial charge in [0.25, 0.3) is 0 Å². The first-order valence-corrected chi connectivity index (χ1v) is 4.87. The molecule has 3 unspecified atom stereocenters. The van der Waals surface area contributed by atoms with Gasteiger partial charge in [-0.3, -0.25) is 0 Å². The van der Waals surface area contributed by atoms with Crippen molar-refractivity contribution in [3.8, 4) is 0 Å². The van der Waals surface area contributed by atoms with E-state index in [2.05, 4.69) is 19.1 Å². The Morgan fingerprint density at radius 1 is 1.27 bits per heavy atom. The van der Waals surface area contributed by atoms with Crippen molar-refractivity contribution in [2.45, 2.75) is 32.1 Å². The Hall–Kier alpha value is -0.260. The van der Waals surface area contributed by atoms with Gasteiger partial charge in [-0.15, -0.1) is 0 Å². The Kier molecular flexibility index (Phi) is 2.02. The van der Waals surface area contributed by atoms with E-state index in [4.69, 9.17) is 0 Å². The highest BCUT2D eigenvalue weighted by Gasteiger charge is 2.34. The third kappa shape index (κ3) is 1.36. The zero-order valence-electron chi connectivity index (χ0n) is 7.13. The molecule has 2 rings (SSSR count). The summed E-state index contributed by atoms with van der Waals surface area (Å²) in [5.74, 6) is 2.92. The topological polar surface area (TPSA) is 0 Å². The summed E-state index contributed by atoms with van der Waals surface area (Å²) >= 11 is 0. The first-order valence-electron chi connectivity index (χ1n) is 4.87. The van der Waals surface area contributed by atoms with Crippen LogP contribution in [0.3, 0.4) is 0 Å². The summed E-state index contributed by atoms with van der Waals surface area (Å²) in [7, 11) is 0. The van der Waals surface area contributed by atoms with Gasteiger partial charge < -0.3 is 0 Å². The van der Waals surface area contributed by atoms with Crippen molar-refractivity contribution in [2.75, 3.05) is 0 Å². The molecule has 0 N–H and O–H groups in total. The third-order valence-corrected chi connectivity index (χ3v) is 3.24. The molecule has 2 aliphatic rings. The van der Waals surface area contributed by atoms with Crippen LogP contribution in [0.2, 0.25) is 0 Å². The van der Waals surface area contributed by atoms with Crippen molar-refractivity contribution < 1.29 is 0 Å². The van der Waals surface area contributed by atoms with E-state index >= 15 is 0 Å². The van der Waals surface area contributed by atoms with Crippen LogP contribution in [-0.2, 0) is 0 Å². The van der Waals surface area contributed by atoms with Crippen molar-refractivity contribution in [3.05, 3.63) is 19.1 Å². The SMILES string of the molecule is [CH2]CCCC1CC2C=CC1C2. The van der Waals surface area contributed by atoms with Crippen LogP contribution in [0, 0.1) is 24.7 Å². The Balaban J connectivity index is 1.84. The Morgan fingerprint density at radius 2 is 2.18 bits per heavy atom. The van der Waals surface area contributed by atoms with Gasteiger partial charge in [0.2, 0.25) is 0 Å². The van der Waals surface area contributed by atoms with Crippen molar-refractivity contribution in [1.29, 1.82) is 0 Å². The first-order chi connectivity index (χ1) is 5.40. The Morgan fingerprint density at radius 3 is 2.73 bits per heavy atom. The fraction of sp³-hybridized carbons (Fsp3) is 0.727. The summed E-state index contributed by atoms with van der Waals surface area (Å²) in [6.07, 6.45) is 11.7. The molecule has 61 valence electrons. The van der Waals surface area contributed by atoms with Gasteiger partial charge in [0.1, 0.15) is 0 Å². The molecule has 2 aliphatic carbocycles. The molecular formula is C11H17. The van der Waals surface area contributed by atoms with Gasteiger partial charge in [0, 0.05) is 0 Å². The van der Waals surface area contributed by atoms with Crippen LogP contribution in [0.15, 0.2) is 12.2 Å². The predicted octanol–water partition coefficient (Wildman–Crippen LogP) is 3.20. The summed E-state index contributed by atoms with van der Waals surface area (Å²) in [4.78, 5) is 0. The average molecular weight is 149 g/mol. The molecule has 0 heteroatoms. The van der Waals surface area contributed by atoms with Crippen molar-refractivity contribution in [2.24, 2.45) is 17.8 Å². The van der Waals surface area contributed by atoms with Gasteiger partial charge in [-0.2, -0.15) is 0 Å². The molecular weight excluding hydrogens is 132 g/mol. The first kappa shape index (κ1) is 7.39. The normalized spacial score (nSPS) is 40.3. The number of hydrogen-bond acceptors (Lipinski definition) is 0. The van der Waals surface area contributed by atoms with Crippen molar-refractivity contribution in [3.63, 3.8) is 0 Å². The van der Waals surface area contributed by atoms with E-state index in [1.54, 1.807) is 0 Å². The lowest BCUT2D eigenvalue weighted by molar-refractivity contribution is 0.405. The third-order valence-electron chi connectivity index (χ3n) is 3.24. The zero-order chi connectivity index (χ0) is 7.68. The molecule has 0 aliphatic heterocycles. The largest absolute Gasteiger partial charge is 0.0851 e. The van der Waals surface area contributed by atoms with Crippen LogP contribution in [0.4, 0.5) is 0 Å². The number of unbranched alkanes of at least 4 members (excludes halogenated alkanes) is 1. The van der Waals surface area contributed by atoms with Crippen molar-refractivity contribution >= 4 is 0 Å². The molecule has 1 radical (unpaired) electrons. The average Bonchev–Trinajstić information content (AvgIpc) is 2.60. The molecule has 0 aromatic heterocycles. The molecule has 0 amide bonds. The molecule has 3 atom stereocenters. The molecule has 0 heterocycles. The van der Waals surface area contributed by atoms with Gasteiger partial charge in [-0.1, -0.05) is 31.9 Å². The minimum atomic E-state index is 0.951. The zero-order valence-corrected chi connectivity index (χ0v) is 7.13. The lowest BCUT2D eigenvalue weighted by Gasteiger charge is -2.16. The number of fused-ring (bicyclic) bond motifs is 2. The quantitative estimate of drug-likeness (QED) is 0.540. The molecule has 0 nitrogen and oxygen atoms in total. The van der Waals surface area contributed by atoms with E-state index in [9.17, 15) is 0 Å². The fourth-order valence-electron chi connectivity index (χ4n) is 2.63. The van der Waals surface area contributed by atoms with Gasteiger partial charge in [0.05, 0.1) is 0 Å². The van der Waals surface area contributed by atoms with Crippen LogP contribution in [0.1, 0.15) is 32.1 Å². The van der Waals surface area contributed by atoms with E-state index in [0.29, 0.717) is 0 Å². The number of rotatable bonds is 3. The lowest BCUT2D eigenvalue weighted by Crippen LogP contribution is -2.06. The molecule has 0 spiro atoms. The van der Waals surface area contributed by atoms with Crippen LogP contribution in [0.5, 0.6) is 0 Å². The van der Waals surface area contributed by atoms with Gasteiger partial charge in [-0.25, -0.2) is 0 Å². The second-order valence-electron chi connectivity index (χ2n) is 4.04. The second-order valence-corrected chi connectivity index (χ2v) is 4.04. The van der Waals surface area contributed by atoms with Crippen LogP contribution >= 0.6 is 0 Å². The second kappa shape index (κ2) is 3.00. The van der Waals surface area contributed by atoms with Crippen LogP contribution in [0.25, 0.3) is 0 Å². The van der Waals surface area contributed by atoms with Gasteiger partial charge in [0.15, 0.2) is 0 Å². The minimum absolute atomic E-state index is 0.951. The Labute approximate surface area is 69.7 Å². The highest BCUT2D eigenvalue weighted by molar-refractivity contribution is 5.09. The maximum Gasteiger partial charge on any atom is -0.0199 e. The standard InChI is InChI=1S/C11H17/c1-2-3-4-10-7-9-5-6-11(10)8-9/h5-6,9-11H,1-4,7-8H2. The summed E-state index contributed by atoms with van der Waals surface area (Å²) in [5, 5.41) is 0. The molecule has 11 heavy (non-hydrogen) atoms. The van der Waals surface area contributed by atoms with E-state index in [-0.39, 0.29) is 0 Å². The van der Waals surface area contributed by atoms with Crippen molar-refractivity contribution in [1.82, 2.24) is 0 Å². The Bertz CT molecular complexity index is 157. The predicted molar refractivity (Wildman–Crippen MR) is 48.1 cm³/mol. The van der Waals surface area contributed by atoms with E-state index in [0.717, 1.165) is 24.2 Å². The maximum atomic E-state index is 3.89. The molecule has 0 aromatic rings. The molecule has 2 bridgehead atoms. The van der Waals surface area contributed by atoms with E-state index < -0.39 is 0 Å². The smallest absolute Gasteiger partial charge is 0.0199 e. The summed E-state index contributed by atoms with van der Waals surface area (Å²) < 4.78 is 0. The molecule has 1 saturated carbocycles. The van der Waals surface area contributed by atoms with Gasteiger partial charge in [-0.05, 0) is 37.0 Å². The minimum Gasteiger partial charge on any atom is -0.0851 e. The van der Waals surface area contributed by atoms with Crippen LogP contribution < -0.4 is 0 Å². The van der Waals surface area contributed by atoms with E-state index in [1.807, 2.05) is 0 Å². The highest BCUT2D eigenvalue weighted by Crippen LogP contribution is 2.45. The highest BCUT2D eigenvalue weighted by atomic mass is 14.4. The number of allylic oxidation sites excluding steroid dienone is 2. The molecule has 0 aromatic carbocycles. The van der Waals surface area contributed by atoms with Gasteiger partial charge >= 0.3 is 0 Å². The summed E-state index contributed by atoms with van der Waals surface area (Å²) in [6, 6.07) is 0. The number of hydrogen-bond donors (Lipinski definition) is 0. The summed E-state index contributed by atoms with van der Waals surface area (Å²) in [5.41, 5.74) is 0. The maximum absolute atomic E-state index is 3.89. The lowest BCUT2D eigenvalue weighted by atomic mass is 9.89. The van der Waals surface area contributed by atoms with E-state index in [1.165, 1.54) is 25.7 Å². The summed E-state index contributed by atoms with van der Waals surface area (Å²) in [6.45, 7) is 3.89. The fourth-order valence-corrected chi connectivity index (χ4v) is 2.63. The molecule has 0 saturated heterocycles. The molecule has 1 fully saturated rings.